The van der Waals surface area contributed by atoms with Gasteiger partial charge >= 0.3 is 5.97 Å². The molecule has 1 aromatic carbocycles. The average molecular weight is 253 g/mol. The van der Waals surface area contributed by atoms with Gasteiger partial charge in [0.05, 0.1) is 0 Å². The van der Waals surface area contributed by atoms with E-state index in [1.54, 1.807) is 0 Å². The third kappa shape index (κ3) is 5.01. The zero-order chi connectivity index (χ0) is 13.1. The third-order valence-corrected chi connectivity index (χ3v) is 2.97. The molecule has 0 spiro atoms. The molecule has 4 nitrogen and oxygen atoms in total. The molecule has 1 rings (SSSR count). The summed E-state index contributed by atoms with van der Waals surface area (Å²) in [6.07, 6.45) is 0.336. The lowest BCUT2D eigenvalue weighted by molar-refractivity contribution is -0.138. The van der Waals surface area contributed by atoms with E-state index in [0.717, 1.165) is 11.3 Å². The van der Waals surface area contributed by atoms with Crippen LogP contribution in [-0.4, -0.2) is 25.4 Å². The van der Waals surface area contributed by atoms with Crippen molar-refractivity contribution in [2.45, 2.75) is 32.1 Å². The smallest absolute Gasteiger partial charge is 0.320 e. The van der Waals surface area contributed by atoms with Gasteiger partial charge in [0.25, 0.3) is 0 Å². The molecule has 0 aliphatic carbocycles. The van der Waals surface area contributed by atoms with Crippen molar-refractivity contribution in [2.24, 2.45) is 5.73 Å². The van der Waals surface area contributed by atoms with E-state index >= 15 is 0 Å². The normalized spacial score (nSPS) is 13.2. The monoisotopic (exact) mass is 253 g/mol. The predicted molar refractivity (Wildman–Crippen MR) is 69.7 cm³/mol. The molecular formula is C12H19NO3Si. The highest BCUT2D eigenvalue weighted by atomic mass is 28.4. The molecule has 0 aliphatic heterocycles. The Morgan fingerprint density at radius 3 is 2.29 bits per heavy atom. The van der Waals surface area contributed by atoms with Crippen molar-refractivity contribution in [3.63, 3.8) is 0 Å². The molecule has 0 fully saturated rings. The Labute approximate surface area is 103 Å². The van der Waals surface area contributed by atoms with Crippen LogP contribution in [0, 0.1) is 0 Å². The van der Waals surface area contributed by atoms with Crippen molar-refractivity contribution in [1.82, 2.24) is 0 Å². The molecule has 17 heavy (non-hydrogen) atoms. The van der Waals surface area contributed by atoms with E-state index in [9.17, 15) is 4.79 Å². The summed E-state index contributed by atoms with van der Waals surface area (Å²) in [5, 5.41) is 8.71. The first-order valence-corrected chi connectivity index (χ1v) is 8.95. The van der Waals surface area contributed by atoms with Gasteiger partial charge in [0.2, 0.25) is 8.32 Å². The van der Waals surface area contributed by atoms with Crippen molar-refractivity contribution in [2.75, 3.05) is 0 Å². The van der Waals surface area contributed by atoms with Crippen LogP contribution >= 0.6 is 0 Å². The second-order valence-electron chi connectivity index (χ2n) is 5.01. The predicted octanol–water partition coefficient (Wildman–Crippen LogP) is 1.85. The van der Waals surface area contributed by atoms with Gasteiger partial charge in [0.1, 0.15) is 11.8 Å². The number of nitrogens with two attached hydrogens (primary N) is 1. The van der Waals surface area contributed by atoms with Gasteiger partial charge in [-0.2, -0.15) is 0 Å². The Morgan fingerprint density at radius 1 is 1.35 bits per heavy atom. The van der Waals surface area contributed by atoms with E-state index in [4.69, 9.17) is 15.3 Å². The Morgan fingerprint density at radius 2 is 1.88 bits per heavy atom. The molecule has 0 heterocycles. The van der Waals surface area contributed by atoms with Crippen molar-refractivity contribution >= 4 is 14.3 Å². The summed E-state index contributed by atoms with van der Waals surface area (Å²) in [7, 11) is -1.58. The lowest BCUT2D eigenvalue weighted by Crippen LogP contribution is -2.32. The van der Waals surface area contributed by atoms with Crippen LogP contribution in [0.4, 0.5) is 0 Å². The minimum Gasteiger partial charge on any atom is -0.544 e. The van der Waals surface area contributed by atoms with Gasteiger partial charge in [-0.3, -0.25) is 4.79 Å². The minimum absolute atomic E-state index is 0.336. The zero-order valence-electron chi connectivity index (χ0n) is 10.4. The maximum atomic E-state index is 10.6. The van der Waals surface area contributed by atoms with Gasteiger partial charge in [-0.1, -0.05) is 12.1 Å². The third-order valence-electron chi connectivity index (χ3n) is 2.12. The summed E-state index contributed by atoms with van der Waals surface area (Å²) < 4.78 is 5.80. The quantitative estimate of drug-likeness (QED) is 0.786. The molecule has 0 unspecified atom stereocenters. The van der Waals surface area contributed by atoms with Crippen molar-refractivity contribution in [3.8, 4) is 5.75 Å². The molecule has 0 saturated heterocycles. The summed E-state index contributed by atoms with van der Waals surface area (Å²) in [6.45, 7) is 6.34. The van der Waals surface area contributed by atoms with Crippen LogP contribution < -0.4 is 10.2 Å². The maximum absolute atomic E-state index is 10.6. The molecule has 5 heteroatoms. The fourth-order valence-electron chi connectivity index (χ4n) is 1.39. The number of carboxylic acids is 1. The van der Waals surface area contributed by atoms with Crippen LogP contribution in [0.5, 0.6) is 5.75 Å². The Kier molecular flexibility index (Phi) is 4.31. The van der Waals surface area contributed by atoms with Crippen LogP contribution in [0.2, 0.25) is 19.6 Å². The summed E-state index contributed by atoms with van der Waals surface area (Å²) in [5.74, 6) is -0.149. The summed E-state index contributed by atoms with van der Waals surface area (Å²) in [5.41, 5.74) is 6.37. The Balaban J connectivity index is 2.65. The fraction of sp³-hybridized carbons (Fsp3) is 0.417. The van der Waals surface area contributed by atoms with Crippen molar-refractivity contribution < 1.29 is 14.3 Å². The Hall–Kier alpha value is -1.33. The van der Waals surface area contributed by atoms with E-state index in [2.05, 4.69) is 19.6 Å². The van der Waals surface area contributed by atoms with E-state index in [-0.39, 0.29) is 0 Å². The van der Waals surface area contributed by atoms with Crippen molar-refractivity contribution in [3.05, 3.63) is 29.8 Å². The SMILES string of the molecule is C[Si](C)(C)Oc1ccc(C[C@@H](N)C(=O)O)cc1. The lowest BCUT2D eigenvalue weighted by Gasteiger charge is -2.19. The standard InChI is InChI=1S/C12H19NO3Si/c1-17(2,3)16-10-6-4-9(5-7-10)8-11(13)12(14)15/h4-7,11H,8,13H2,1-3H3,(H,14,15)/t11-/m1/s1. The van der Waals surface area contributed by atoms with Crippen LogP contribution in [0.15, 0.2) is 24.3 Å². The highest BCUT2D eigenvalue weighted by Crippen LogP contribution is 2.17. The van der Waals surface area contributed by atoms with E-state index in [0.29, 0.717) is 6.42 Å². The van der Waals surface area contributed by atoms with E-state index in [1.165, 1.54) is 0 Å². The molecule has 94 valence electrons. The second kappa shape index (κ2) is 5.33. The van der Waals surface area contributed by atoms with Crippen LogP contribution in [-0.2, 0) is 11.2 Å². The molecule has 0 radical (unpaired) electrons. The van der Waals surface area contributed by atoms with Gasteiger partial charge in [-0.05, 0) is 43.8 Å². The average Bonchev–Trinajstić information content (AvgIpc) is 2.18. The molecule has 0 amide bonds. The van der Waals surface area contributed by atoms with Gasteiger partial charge < -0.3 is 15.3 Å². The minimum atomic E-state index is -1.58. The maximum Gasteiger partial charge on any atom is 0.320 e. The molecule has 3 N–H and O–H groups in total. The largest absolute Gasteiger partial charge is 0.544 e. The molecule has 0 aliphatic rings. The number of hydrogen-bond acceptors (Lipinski definition) is 3. The second-order valence-corrected chi connectivity index (χ2v) is 9.44. The molecule has 0 bridgehead atoms. The first-order valence-electron chi connectivity index (χ1n) is 5.54. The summed E-state index contributed by atoms with van der Waals surface area (Å²) in [6, 6.07) is 6.60. The first-order chi connectivity index (χ1) is 7.78. The summed E-state index contributed by atoms with van der Waals surface area (Å²) in [4.78, 5) is 10.6. The van der Waals surface area contributed by atoms with Gasteiger partial charge in [-0.15, -0.1) is 0 Å². The number of benzene rings is 1. The lowest BCUT2D eigenvalue weighted by atomic mass is 10.1. The molecule has 0 saturated carbocycles. The number of carbonyl (C=O) groups is 1. The fourth-order valence-corrected chi connectivity index (χ4v) is 2.23. The van der Waals surface area contributed by atoms with Crippen LogP contribution in [0.25, 0.3) is 0 Å². The van der Waals surface area contributed by atoms with E-state index in [1.807, 2.05) is 24.3 Å². The zero-order valence-corrected chi connectivity index (χ0v) is 11.4. The van der Waals surface area contributed by atoms with Crippen LogP contribution in [0.1, 0.15) is 5.56 Å². The number of rotatable bonds is 5. The molecular weight excluding hydrogens is 234 g/mol. The molecule has 1 atom stereocenters. The van der Waals surface area contributed by atoms with E-state index < -0.39 is 20.3 Å². The molecule has 0 aromatic heterocycles. The molecule has 1 aromatic rings. The highest BCUT2D eigenvalue weighted by molar-refractivity contribution is 6.70. The van der Waals surface area contributed by atoms with Crippen LogP contribution in [0.3, 0.4) is 0 Å². The van der Waals surface area contributed by atoms with Crippen molar-refractivity contribution in [1.29, 1.82) is 0 Å². The van der Waals surface area contributed by atoms with Gasteiger partial charge in [0, 0.05) is 0 Å². The Bertz CT molecular complexity index is 384. The topological polar surface area (TPSA) is 72.5 Å². The van der Waals surface area contributed by atoms with Gasteiger partial charge in [-0.25, -0.2) is 0 Å². The number of hydrogen-bond donors (Lipinski definition) is 2. The van der Waals surface area contributed by atoms with Gasteiger partial charge in [0.15, 0.2) is 0 Å². The number of aliphatic carboxylic acids is 1. The first kappa shape index (κ1) is 13.7. The highest BCUT2D eigenvalue weighted by Gasteiger charge is 2.16. The summed E-state index contributed by atoms with van der Waals surface area (Å²) >= 11 is 0. The number of carboxylic acid groups (broad SMARTS) is 1.